The second-order valence-corrected chi connectivity index (χ2v) is 7.73. The van der Waals surface area contributed by atoms with E-state index in [4.69, 9.17) is 5.73 Å². The molecule has 152 valence electrons. The highest BCUT2D eigenvalue weighted by Crippen LogP contribution is 2.29. The number of carbonyl (C=O) groups excluding carboxylic acids is 3. The number of hydrogen-bond donors (Lipinski definition) is 3. The molecule has 0 radical (unpaired) electrons. The van der Waals surface area contributed by atoms with Crippen molar-refractivity contribution in [1.29, 1.82) is 0 Å². The summed E-state index contributed by atoms with van der Waals surface area (Å²) in [5.74, 6) is 0.301. The lowest BCUT2D eigenvalue weighted by atomic mass is 10.1. The van der Waals surface area contributed by atoms with Crippen molar-refractivity contribution < 1.29 is 14.4 Å². The molecular weight excluding hydrogens is 388 g/mol. The molecule has 2 aromatic carbocycles. The first-order valence-corrected chi connectivity index (χ1v) is 10.7. The van der Waals surface area contributed by atoms with Crippen LogP contribution >= 0.6 is 11.8 Å². The molecule has 8 heteroatoms. The van der Waals surface area contributed by atoms with Crippen LogP contribution in [0.3, 0.4) is 0 Å². The minimum absolute atomic E-state index is 0.0685. The van der Waals surface area contributed by atoms with Gasteiger partial charge in [-0.2, -0.15) is 11.8 Å². The fourth-order valence-electron chi connectivity index (χ4n) is 3.31. The summed E-state index contributed by atoms with van der Waals surface area (Å²) >= 11 is 1.58. The minimum atomic E-state index is -0.738. The molecule has 0 bridgehead atoms. The Morgan fingerprint density at radius 2 is 1.86 bits per heavy atom. The number of carbonyl (C=O) groups is 3. The van der Waals surface area contributed by atoms with Crippen LogP contribution in [0.1, 0.15) is 22.3 Å². The second-order valence-electron chi connectivity index (χ2n) is 6.74. The van der Waals surface area contributed by atoms with Gasteiger partial charge in [0.05, 0.1) is 0 Å². The van der Waals surface area contributed by atoms with Gasteiger partial charge in [0.15, 0.2) is 0 Å². The Bertz CT molecular complexity index is 901. The zero-order valence-electron chi connectivity index (χ0n) is 16.2. The van der Waals surface area contributed by atoms with Crippen molar-refractivity contribution in [2.45, 2.75) is 18.9 Å². The van der Waals surface area contributed by atoms with Gasteiger partial charge in [-0.3, -0.25) is 9.59 Å². The van der Waals surface area contributed by atoms with Crippen LogP contribution in [-0.4, -0.2) is 42.4 Å². The smallest absolute Gasteiger partial charge is 0.312 e. The average molecular weight is 413 g/mol. The maximum atomic E-state index is 12.9. The van der Waals surface area contributed by atoms with Gasteiger partial charge in [-0.15, -0.1) is 0 Å². The van der Waals surface area contributed by atoms with E-state index in [0.717, 1.165) is 12.1 Å². The van der Waals surface area contributed by atoms with E-state index in [1.165, 1.54) is 5.56 Å². The summed E-state index contributed by atoms with van der Waals surface area (Å²) in [4.78, 5) is 38.2. The first-order valence-electron chi connectivity index (χ1n) is 9.35. The molecule has 4 amide bonds. The molecular formula is C21H24N4O3S. The lowest BCUT2D eigenvalue weighted by molar-refractivity contribution is -0.117. The van der Waals surface area contributed by atoms with Gasteiger partial charge in [-0.1, -0.05) is 18.2 Å². The van der Waals surface area contributed by atoms with Gasteiger partial charge in [-0.05, 0) is 60.7 Å². The summed E-state index contributed by atoms with van der Waals surface area (Å²) in [7, 11) is 0. The van der Waals surface area contributed by atoms with Gasteiger partial charge in [0, 0.05) is 23.5 Å². The number of rotatable bonds is 7. The first kappa shape index (κ1) is 20.7. The van der Waals surface area contributed by atoms with Gasteiger partial charge in [-0.25, -0.2) is 4.79 Å². The highest BCUT2D eigenvalue weighted by Gasteiger charge is 2.25. The van der Waals surface area contributed by atoms with Crippen LogP contribution in [0.2, 0.25) is 0 Å². The number of amides is 4. The molecule has 0 fully saturated rings. The number of benzene rings is 2. The van der Waals surface area contributed by atoms with Crippen molar-refractivity contribution >= 4 is 41.0 Å². The van der Waals surface area contributed by atoms with E-state index in [1.807, 2.05) is 30.5 Å². The highest BCUT2D eigenvalue weighted by atomic mass is 32.2. The molecule has 3 rings (SSSR count). The van der Waals surface area contributed by atoms with Crippen LogP contribution in [0.4, 0.5) is 16.2 Å². The number of urea groups is 1. The van der Waals surface area contributed by atoms with Crippen LogP contribution in [0.15, 0.2) is 48.5 Å². The molecule has 4 N–H and O–H groups in total. The van der Waals surface area contributed by atoms with Gasteiger partial charge >= 0.3 is 6.03 Å². The zero-order chi connectivity index (χ0) is 20.8. The Kier molecular flexibility index (Phi) is 6.77. The number of para-hydroxylation sites is 1. The van der Waals surface area contributed by atoms with Crippen LogP contribution in [0.25, 0.3) is 0 Å². The number of nitrogens with zero attached hydrogens (tertiary/aromatic N) is 1. The normalized spacial score (nSPS) is 13.5. The number of nitrogens with two attached hydrogens (primary N) is 1. The van der Waals surface area contributed by atoms with Crippen LogP contribution in [-0.2, 0) is 11.2 Å². The summed E-state index contributed by atoms with van der Waals surface area (Å²) in [6, 6.07) is 13.2. The number of primary amides is 1. The van der Waals surface area contributed by atoms with Gasteiger partial charge in [0.25, 0.3) is 5.91 Å². The standard InChI is InChI=1S/C21H24N4O3S/c1-29-13-11-17(24-21(22)28)19(26)23-16-8-6-15(7-9-16)20(27)25-12-10-14-4-2-3-5-18(14)25/h2-9,17H,10-13H2,1H3,(H,23,26)(H3,22,24,28). The summed E-state index contributed by atoms with van der Waals surface area (Å²) in [6.07, 6.45) is 3.25. The topological polar surface area (TPSA) is 105 Å². The molecule has 0 spiro atoms. The van der Waals surface area contributed by atoms with E-state index in [-0.39, 0.29) is 11.8 Å². The van der Waals surface area contributed by atoms with E-state index in [1.54, 1.807) is 40.9 Å². The minimum Gasteiger partial charge on any atom is -0.352 e. The summed E-state index contributed by atoms with van der Waals surface area (Å²) in [5, 5.41) is 5.23. The summed E-state index contributed by atoms with van der Waals surface area (Å²) in [5.41, 5.74) is 8.38. The molecule has 0 saturated heterocycles. The monoisotopic (exact) mass is 412 g/mol. The molecule has 1 aliphatic heterocycles. The number of fused-ring (bicyclic) bond motifs is 1. The number of nitrogens with one attached hydrogen (secondary N) is 2. The van der Waals surface area contributed by atoms with Gasteiger partial charge in [0.1, 0.15) is 6.04 Å². The fraction of sp³-hybridized carbons (Fsp3) is 0.286. The Hall–Kier alpha value is -3.00. The molecule has 2 aromatic rings. The summed E-state index contributed by atoms with van der Waals surface area (Å²) < 4.78 is 0. The molecule has 0 saturated carbocycles. The second kappa shape index (κ2) is 9.47. The first-order chi connectivity index (χ1) is 14.0. The van der Waals surface area contributed by atoms with Crippen LogP contribution in [0.5, 0.6) is 0 Å². The Morgan fingerprint density at radius 3 is 2.55 bits per heavy atom. The molecule has 1 atom stereocenters. The number of thioether (sulfide) groups is 1. The van der Waals surface area contributed by atoms with Gasteiger partial charge < -0.3 is 21.3 Å². The van der Waals surface area contributed by atoms with E-state index in [2.05, 4.69) is 10.6 Å². The molecule has 29 heavy (non-hydrogen) atoms. The van der Waals surface area contributed by atoms with E-state index in [9.17, 15) is 14.4 Å². The highest BCUT2D eigenvalue weighted by molar-refractivity contribution is 7.98. The fourth-order valence-corrected chi connectivity index (χ4v) is 3.78. The van der Waals surface area contributed by atoms with E-state index >= 15 is 0 Å². The van der Waals surface area contributed by atoms with Crippen molar-refractivity contribution in [2.75, 3.05) is 28.8 Å². The molecule has 0 aromatic heterocycles. The van der Waals surface area contributed by atoms with Crippen molar-refractivity contribution in [1.82, 2.24) is 5.32 Å². The Morgan fingerprint density at radius 1 is 1.14 bits per heavy atom. The Balaban J connectivity index is 1.66. The van der Waals surface area contributed by atoms with Crippen molar-refractivity contribution in [3.8, 4) is 0 Å². The molecule has 7 nitrogen and oxygen atoms in total. The molecule has 1 unspecified atom stereocenters. The lowest BCUT2D eigenvalue weighted by Gasteiger charge is -2.18. The third-order valence-electron chi connectivity index (χ3n) is 4.78. The number of hydrogen-bond acceptors (Lipinski definition) is 4. The predicted molar refractivity (Wildman–Crippen MR) is 116 cm³/mol. The van der Waals surface area contributed by atoms with Crippen molar-refractivity contribution in [3.63, 3.8) is 0 Å². The van der Waals surface area contributed by atoms with E-state index < -0.39 is 12.1 Å². The average Bonchev–Trinajstić information content (AvgIpc) is 3.15. The van der Waals surface area contributed by atoms with Crippen LogP contribution in [0, 0.1) is 0 Å². The Labute approximate surface area is 174 Å². The van der Waals surface area contributed by atoms with Crippen LogP contribution < -0.4 is 21.3 Å². The van der Waals surface area contributed by atoms with Gasteiger partial charge in [0.2, 0.25) is 5.91 Å². The maximum Gasteiger partial charge on any atom is 0.312 e. The lowest BCUT2D eigenvalue weighted by Crippen LogP contribution is -2.46. The molecule has 1 heterocycles. The molecule has 0 aliphatic carbocycles. The van der Waals surface area contributed by atoms with E-state index in [0.29, 0.717) is 30.0 Å². The van der Waals surface area contributed by atoms with Crippen molar-refractivity contribution in [2.24, 2.45) is 5.73 Å². The SMILES string of the molecule is CSCCC(NC(N)=O)C(=O)Nc1ccc(C(=O)N2CCc3ccccc32)cc1. The quantitative estimate of drug-likeness (QED) is 0.650. The third-order valence-corrected chi connectivity index (χ3v) is 5.42. The predicted octanol–water partition coefficient (Wildman–Crippen LogP) is 2.62. The zero-order valence-corrected chi connectivity index (χ0v) is 17.0. The molecule has 1 aliphatic rings. The third kappa shape index (κ3) is 5.08. The number of anilines is 2. The maximum absolute atomic E-state index is 12.9. The summed E-state index contributed by atoms with van der Waals surface area (Å²) in [6.45, 7) is 0.659. The largest absolute Gasteiger partial charge is 0.352 e. The van der Waals surface area contributed by atoms with Crippen molar-refractivity contribution in [3.05, 3.63) is 59.7 Å².